The number of H-pyrrole nitrogens is 1. The van der Waals surface area contributed by atoms with Gasteiger partial charge in [-0.05, 0) is 130 Å². The molecule has 0 radical (unpaired) electrons. The molecule has 3 aromatic rings. The van der Waals surface area contributed by atoms with Crippen molar-refractivity contribution in [1.82, 2.24) is 15.3 Å². The molecule has 11 heteroatoms. The third-order valence-electron chi connectivity index (χ3n) is 10.9. The molecule has 0 unspecified atom stereocenters. The van der Waals surface area contributed by atoms with Gasteiger partial charge < -0.3 is 30.6 Å². The van der Waals surface area contributed by atoms with Crippen LogP contribution in [-0.4, -0.2) is 64.8 Å². The van der Waals surface area contributed by atoms with Gasteiger partial charge in [0.15, 0.2) is 16.5 Å². The van der Waals surface area contributed by atoms with Crippen molar-refractivity contribution >= 4 is 29.4 Å². The van der Waals surface area contributed by atoms with E-state index in [-0.39, 0.29) is 24.2 Å². The molecule has 4 bridgehead atoms. The van der Waals surface area contributed by atoms with Crippen LogP contribution < -0.4 is 20.5 Å². The smallest absolute Gasteiger partial charge is 0.331 e. The second-order valence-corrected chi connectivity index (χ2v) is 15.4. The SMILES string of the molecule is COc1ccc(-c2nc(SCCCC(=O)[C@](N)(CCCCNC(=O)C34CC5CC(CC(C5)C3)C4)C(=O)O)[nH]c2-c2ccc(OC)cc2)cc1. The summed E-state index contributed by atoms with van der Waals surface area (Å²) in [6.45, 7) is 0.473. The maximum absolute atomic E-state index is 13.2. The molecule has 49 heavy (non-hydrogen) atoms. The summed E-state index contributed by atoms with van der Waals surface area (Å²) in [5.41, 5.74) is 7.60. The van der Waals surface area contributed by atoms with E-state index in [4.69, 9.17) is 20.2 Å². The average molecular weight is 689 g/mol. The number of nitrogens with two attached hydrogens (primary N) is 1. The third-order valence-corrected chi connectivity index (χ3v) is 11.9. The Morgan fingerprint density at radius 2 is 1.49 bits per heavy atom. The van der Waals surface area contributed by atoms with Crippen molar-refractivity contribution in [3.63, 3.8) is 0 Å². The number of hydrogen-bond acceptors (Lipinski definition) is 8. The fourth-order valence-corrected chi connectivity index (χ4v) is 9.45. The number of aromatic amines is 1. The van der Waals surface area contributed by atoms with E-state index >= 15 is 0 Å². The normalized spacial score (nSPS) is 23.5. The van der Waals surface area contributed by atoms with E-state index < -0.39 is 17.3 Å². The van der Waals surface area contributed by atoms with Crippen molar-refractivity contribution in [1.29, 1.82) is 0 Å². The molecular weight excluding hydrogens is 641 g/mol. The molecular formula is C38H48N4O6S. The number of rotatable bonds is 17. The number of ketones is 1. The second kappa shape index (κ2) is 15.0. The van der Waals surface area contributed by atoms with Gasteiger partial charge in [0.05, 0.1) is 25.6 Å². The van der Waals surface area contributed by atoms with Crippen molar-refractivity contribution in [2.75, 3.05) is 26.5 Å². The van der Waals surface area contributed by atoms with Gasteiger partial charge in [0.25, 0.3) is 0 Å². The number of Topliss-reactive ketones (excluding diaryl/α,β-unsaturated/α-hetero) is 1. The Bertz CT molecular complexity index is 1540. The molecule has 4 aliphatic rings. The molecule has 1 atom stereocenters. The van der Waals surface area contributed by atoms with Gasteiger partial charge in [0, 0.05) is 35.3 Å². The molecule has 0 aliphatic heterocycles. The van der Waals surface area contributed by atoms with E-state index in [0.29, 0.717) is 54.5 Å². The predicted molar refractivity (Wildman–Crippen MR) is 190 cm³/mol. The maximum Gasteiger partial charge on any atom is 0.331 e. The minimum Gasteiger partial charge on any atom is -0.497 e. The van der Waals surface area contributed by atoms with Crippen LogP contribution in [0.4, 0.5) is 0 Å². The highest BCUT2D eigenvalue weighted by Crippen LogP contribution is 2.60. The second-order valence-electron chi connectivity index (χ2n) is 14.3. The number of carboxylic acids is 1. The molecule has 1 aromatic heterocycles. The first-order valence-corrected chi connectivity index (χ1v) is 18.5. The molecule has 4 aliphatic carbocycles. The van der Waals surface area contributed by atoms with Crippen LogP contribution in [0.5, 0.6) is 11.5 Å². The van der Waals surface area contributed by atoms with Gasteiger partial charge >= 0.3 is 5.97 Å². The van der Waals surface area contributed by atoms with E-state index in [9.17, 15) is 19.5 Å². The van der Waals surface area contributed by atoms with Crippen LogP contribution in [-0.2, 0) is 14.4 Å². The summed E-state index contributed by atoms with van der Waals surface area (Å²) >= 11 is 1.47. The number of carbonyl (C=O) groups is 3. The highest BCUT2D eigenvalue weighted by molar-refractivity contribution is 7.99. The van der Waals surface area contributed by atoms with Crippen molar-refractivity contribution < 1.29 is 29.0 Å². The van der Waals surface area contributed by atoms with Crippen molar-refractivity contribution in [3.8, 4) is 34.0 Å². The molecule has 10 nitrogen and oxygen atoms in total. The van der Waals surface area contributed by atoms with Crippen molar-refractivity contribution in [2.24, 2.45) is 28.9 Å². The van der Waals surface area contributed by atoms with Crippen LogP contribution >= 0.6 is 11.8 Å². The van der Waals surface area contributed by atoms with Gasteiger partial charge in [0.1, 0.15) is 11.5 Å². The number of imidazole rings is 1. The highest BCUT2D eigenvalue weighted by Gasteiger charge is 2.54. The summed E-state index contributed by atoms with van der Waals surface area (Å²) in [7, 11) is 3.25. The number of aromatic nitrogens is 2. The Balaban J connectivity index is 0.994. The molecule has 2 aromatic carbocycles. The maximum atomic E-state index is 13.2. The molecule has 1 heterocycles. The molecule has 4 fully saturated rings. The molecule has 1 amide bonds. The molecule has 4 saturated carbocycles. The summed E-state index contributed by atoms with van der Waals surface area (Å²) in [6, 6.07) is 15.4. The zero-order chi connectivity index (χ0) is 34.6. The lowest BCUT2D eigenvalue weighted by Gasteiger charge is -2.55. The van der Waals surface area contributed by atoms with E-state index in [1.807, 2.05) is 48.5 Å². The number of carboxylic acid groups (broad SMARTS) is 1. The minimum absolute atomic E-state index is 0.0379. The minimum atomic E-state index is -1.94. The van der Waals surface area contributed by atoms with E-state index in [0.717, 1.165) is 53.3 Å². The van der Waals surface area contributed by atoms with E-state index in [1.54, 1.807) is 14.2 Å². The van der Waals surface area contributed by atoms with Crippen LogP contribution in [0.1, 0.15) is 70.6 Å². The number of hydrogen-bond donors (Lipinski definition) is 4. The first-order valence-electron chi connectivity index (χ1n) is 17.5. The highest BCUT2D eigenvalue weighted by atomic mass is 32.2. The van der Waals surface area contributed by atoms with E-state index in [1.165, 1.54) is 31.0 Å². The van der Waals surface area contributed by atoms with Crippen LogP contribution in [0.25, 0.3) is 22.5 Å². The summed E-state index contributed by atoms with van der Waals surface area (Å²) in [6.07, 6.45) is 8.45. The lowest BCUT2D eigenvalue weighted by molar-refractivity contribution is -0.149. The Labute approximate surface area is 292 Å². The van der Waals surface area contributed by atoms with Crippen molar-refractivity contribution in [3.05, 3.63) is 48.5 Å². The van der Waals surface area contributed by atoms with Gasteiger partial charge in [-0.15, -0.1) is 0 Å². The average Bonchev–Trinajstić information content (AvgIpc) is 3.53. The number of methoxy groups -OCH3 is 2. The van der Waals surface area contributed by atoms with Gasteiger partial charge in [-0.3, -0.25) is 9.59 Å². The van der Waals surface area contributed by atoms with Crippen LogP contribution in [0.2, 0.25) is 0 Å². The van der Waals surface area contributed by atoms with E-state index in [2.05, 4.69) is 10.3 Å². The van der Waals surface area contributed by atoms with Crippen LogP contribution in [0, 0.1) is 23.2 Å². The van der Waals surface area contributed by atoms with Gasteiger partial charge in [0.2, 0.25) is 5.91 Å². The Morgan fingerprint density at radius 1 is 0.918 bits per heavy atom. The predicted octanol–water partition coefficient (Wildman–Crippen LogP) is 6.49. The zero-order valence-electron chi connectivity index (χ0n) is 28.5. The Kier molecular flexibility index (Phi) is 10.7. The number of nitrogens with zero attached hydrogens (tertiary/aromatic N) is 1. The summed E-state index contributed by atoms with van der Waals surface area (Å²) in [5, 5.41) is 13.8. The van der Waals surface area contributed by atoms with Gasteiger partial charge in [-0.25, -0.2) is 9.78 Å². The third kappa shape index (κ3) is 7.67. The number of thioether (sulfide) groups is 1. The summed E-state index contributed by atoms with van der Waals surface area (Å²) in [4.78, 5) is 46.9. The summed E-state index contributed by atoms with van der Waals surface area (Å²) < 4.78 is 10.6. The Hall–Kier alpha value is -3.83. The van der Waals surface area contributed by atoms with Gasteiger partial charge in [-0.1, -0.05) is 11.8 Å². The summed E-state index contributed by atoms with van der Waals surface area (Å²) in [5.74, 6) is 2.54. The standard InChI is InChI=1S/C38H48N4O6S/c1-47-29-11-7-27(8-12-29)32-33(28-9-13-30(48-2)14-10-28)42-36(41-32)49-17-5-6-31(43)38(39,35(45)46)15-3-4-16-40-34(44)37-21-24-18-25(22-37)20-26(19-24)23-37/h7-14,24-26H,3-6,15-23,39H2,1-2H3,(H,40,44)(H,41,42)(H,45,46)/t24?,25?,26?,37?,38-/m1/s1. The van der Waals surface area contributed by atoms with Crippen LogP contribution in [0.15, 0.2) is 53.7 Å². The number of ether oxygens (including phenoxy) is 2. The lowest BCUT2D eigenvalue weighted by atomic mass is 9.49. The molecule has 0 spiro atoms. The largest absolute Gasteiger partial charge is 0.497 e. The Morgan fingerprint density at radius 3 is 2.04 bits per heavy atom. The molecule has 5 N–H and O–H groups in total. The van der Waals surface area contributed by atoms with Crippen molar-refractivity contribution in [2.45, 2.75) is 81.3 Å². The zero-order valence-corrected chi connectivity index (χ0v) is 29.3. The molecule has 7 rings (SSSR count). The first-order chi connectivity index (χ1) is 23.6. The monoisotopic (exact) mass is 688 g/mol. The quantitative estimate of drug-likeness (QED) is 0.0707. The lowest BCUT2D eigenvalue weighted by Crippen LogP contribution is -2.55. The number of amides is 1. The topological polar surface area (TPSA) is 157 Å². The fourth-order valence-electron chi connectivity index (χ4n) is 8.64. The van der Waals surface area contributed by atoms with Crippen LogP contribution in [0.3, 0.4) is 0 Å². The first kappa shape index (κ1) is 35.0. The molecule has 0 saturated heterocycles. The number of carbonyl (C=O) groups excluding carboxylic acids is 2. The fraction of sp³-hybridized carbons (Fsp3) is 0.526. The number of benzene rings is 2. The van der Waals surface area contributed by atoms with Gasteiger partial charge in [-0.2, -0.15) is 0 Å². The number of aliphatic carboxylic acids is 1. The molecule has 262 valence electrons. The number of unbranched alkanes of at least 4 members (excludes halogenated alkanes) is 1. The number of nitrogens with one attached hydrogen (secondary N) is 2.